The summed E-state index contributed by atoms with van der Waals surface area (Å²) in [5.41, 5.74) is 2.40. The topological polar surface area (TPSA) is 18.5 Å². The summed E-state index contributed by atoms with van der Waals surface area (Å²) < 4.78 is 12.3. The summed E-state index contributed by atoms with van der Waals surface area (Å²) in [7, 11) is 1.73. The zero-order chi connectivity index (χ0) is 13.8. The SMILES string of the molecule is COc1cc(C)c(Br)cc1C(Br)CCC1CCCO1. The van der Waals surface area contributed by atoms with Crippen molar-refractivity contribution in [1.29, 1.82) is 0 Å². The van der Waals surface area contributed by atoms with Gasteiger partial charge < -0.3 is 9.47 Å². The number of alkyl halides is 1. The van der Waals surface area contributed by atoms with Gasteiger partial charge in [0.1, 0.15) is 5.75 Å². The fraction of sp³-hybridized carbons (Fsp3) is 0.600. The van der Waals surface area contributed by atoms with Gasteiger partial charge in [0.25, 0.3) is 0 Å². The molecule has 19 heavy (non-hydrogen) atoms. The third-order valence-corrected chi connectivity index (χ3v) is 5.42. The number of benzene rings is 1. The smallest absolute Gasteiger partial charge is 0.123 e. The van der Waals surface area contributed by atoms with Gasteiger partial charge in [-0.25, -0.2) is 0 Å². The Hall–Kier alpha value is -0.0600. The van der Waals surface area contributed by atoms with Crippen LogP contribution in [0.1, 0.15) is 41.6 Å². The molecule has 0 N–H and O–H groups in total. The molecule has 2 unspecified atom stereocenters. The molecule has 1 heterocycles. The minimum Gasteiger partial charge on any atom is -0.496 e. The van der Waals surface area contributed by atoms with E-state index >= 15 is 0 Å². The molecule has 0 bridgehead atoms. The fourth-order valence-electron chi connectivity index (χ4n) is 2.45. The average molecular weight is 392 g/mol. The van der Waals surface area contributed by atoms with Gasteiger partial charge in [-0.2, -0.15) is 0 Å². The van der Waals surface area contributed by atoms with Crippen molar-refractivity contribution in [1.82, 2.24) is 0 Å². The first kappa shape index (κ1) is 15.3. The molecule has 0 saturated carbocycles. The average Bonchev–Trinajstić information content (AvgIpc) is 2.91. The molecule has 1 aliphatic heterocycles. The Morgan fingerprint density at radius 3 is 2.89 bits per heavy atom. The predicted molar refractivity (Wildman–Crippen MR) is 85.3 cm³/mol. The number of methoxy groups -OCH3 is 1. The van der Waals surface area contributed by atoms with Gasteiger partial charge in [0, 0.05) is 21.5 Å². The van der Waals surface area contributed by atoms with Gasteiger partial charge in [-0.05, 0) is 50.3 Å². The Kier molecular flexibility index (Phi) is 5.72. The molecule has 0 aromatic heterocycles. The van der Waals surface area contributed by atoms with E-state index in [0.717, 1.165) is 29.7 Å². The molecule has 2 nitrogen and oxygen atoms in total. The maximum absolute atomic E-state index is 5.68. The number of hydrogen-bond acceptors (Lipinski definition) is 2. The van der Waals surface area contributed by atoms with Crippen molar-refractivity contribution in [2.45, 2.75) is 43.5 Å². The Morgan fingerprint density at radius 2 is 2.26 bits per heavy atom. The normalized spacial score (nSPS) is 20.5. The first-order valence-electron chi connectivity index (χ1n) is 6.71. The molecular formula is C15H20Br2O2. The highest BCUT2D eigenvalue weighted by Crippen LogP contribution is 2.38. The van der Waals surface area contributed by atoms with Crippen LogP contribution in [0.2, 0.25) is 0 Å². The second kappa shape index (κ2) is 7.09. The van der Waals surface area contributed by atoms with E-state index in [2.05, 4.69) is 50.9 Å². The highest BCUT2D eigenvalue weighted by atomic mass is 79.9. The highest BCUT2D eigenvalue weighted by Gasteiger charge is 2.20. The summed E-state index contributed by atoms with van der Waals surface area (Å²) in [6, 6.07) is 4.24. The third kappa shape index (κ3) is 3.96. The molecule has 4 heteroatoms. The van der Waals surface area contributed by atoms with E-state index in [-0.39, 0.29) is 0 Å². The highest BCUT2D eigenvalue weighted by molar-refractivity contribution is 9.10. The predicted octanol–water partition coefficient (Wildman–Crippen LogP) is 5.16. The Morgan fingerprint density at radius 1 is 1.47 bits per heavy atom. The van der Waals surface area contributed by atoms with Gasteiger partial charge in [0.15, 0.2) is 0 Å². The Bertz CT molecular complexity index is 428. The molecule has 1 saturated heterocycles. The lowest BCUT2D eigenvalue weighted by atomic mass is 10.0. The molecule has 1 aromatic rings. The lowest BCUT2D eigenvalue weighted by Crippen LogP contribution is -2.06. The lowest BCUT2D eigenvalue weighted by molar-refractivity contribution is 0.102. The standard InChI is InChI=1S/C15H20Br2O2/c1-10-8-15(18-2)12(9-14(10)17)13(16)6-5-11-4-3-7-19-11/h8-9,11,13H,3-7H2,1-2H3. The first-order valence-corrected chi connectivity index (χ1v) is 8.42. The fourth-order valence-corrected chi connectivity index (χ4v) is 3.43. The minimum atomic E-state index is 0.309. The third-order valence-electron chi connectivity index (χ3n) is 3.61. The zero-order valence-corrected chi connectivity index (χ0v) is 14.6. The second-order valence-electron chi connectivity index (χ2n) is 5.02. The van der Waals surface area contributed by atoms with E-state index in [1.165, 1.54) is 24.0 Å². The Labute approximate surface area is 132 Å². The van der Waals surface area contributed by atoms with Crippen LogP contribution in [0.25, 0.3) is 0 Å². The summed E-state index contributed by atoms with van der Waals surface area (Å²) in [5, 5.41) is 0. The van der Waals surface area contributed by atoms with Crippen LogP contribution < -0.4 is 4.74 Å². The van der Waals surface area contributed by atoms with Gasteiger partial charge in [-0.15, -0.1) is 0 Å². The van der Waals surface area contributed by atoms with Crippen LogP contribution >= 0.6 is 31.9 Å². The van der Waals surface area contributed by atoms with Gasteiger partial charge >= 0.3 is 0 Å². The maximum Gasteiger partial charge on any atom is 0.123 e. The van der Waals surface area contributed by atoms with Crippen molar-refractivity contribution >= 4 is 31.9 Å². The van der Waals surface area contributed by atoms with E-state index in [9.17, 15) is 0 Å². The molecule has 0 aliphatic carbocycles. The van der Waals surface area contributed by atoms with Gasteiger partial charge in [0.05, 0.1) is 13.2 Å². The maximum atomic E-state index is 5.68. The molecule has 0 radical (unpaired) electrons. The molecule has 0 spiro atoms. The molecular weight excluding hydrogens is 372 g/mol. The molecule has 106 valence electrons. The summed E-state index contributed by atoms with van der Waals surface area (Å²) in [6.07, 6.45) is 5.02. The number of ether oxygens (including phenoxy) is 2. The quantitative estimate of drug-likeness (QED) is 0.645. The van der Waals surface area contributed by atoms with Gasteiger partial charge in [-0.3, -0.25) is 0 Å². The van der Waals surface area contributed by atoms with E-state index in [4.69, 9.17) is 9.47 Å². The summed E-state index contributed by atoms with van der Waals surface area (Å²) in [6.45, 7) is 3.00. The van der Waals surface area contributed by atoms with E-state index in [1.807, 2.05) is 0 Å². The number of hydrogen-bond donors (Lipinski definition) is 0. The molecule has 1 fully saturated rings. The molecule has 2 atom stereocenters. The lowest BCUT2D eigenvalue weighted by Gasteiger charge is -2.17. The van der Waals surface area contributed by atoms with Gasteiger partial charge in [-0.1, -0.05) is 31.9 Å². The minimum absolute atomic E-state index is 0.309. The molecule has 1 aliphatic rings. The van der Waals surface area contributed by atoms with Crippen LogP contribution in [-0.4, -0.2) is 19.8 Å². The van der Waals surface area contributed by atoms with Crippen LogP contribution in [0, 0.1) is 6.92 Å². The first-order chi connectivity index (χ1) is 9.11. The van der Waals surface area contributed by atoms with Crippen LogP contribution in [0.4, 0.5) is 0 Å². The van der Waals surface area contributed by atoms with Crippen LogP contribution in [-0.2, 0) is 4.74 Å². The second-order valence-corrected chi connectivity index (χ2v) is 6.98. The molecule has 2 rings (SSSR count). The summed E-state index contributed by atoms with van der Waals surface area (Å²) >= 11 is 7.38. The zero-order valence-electron chi connectivity index (χ0n) is 11.4. The molecule has 1 aromatic carbocycles. The summed E-state index contributed by atoms with van der Waals surface area (Å²) in [5.74, 6) is 0.954. The van der Waals surface area contributed by atoms with E-state index < -0.39 is 0 Å². The van der Waals surface area contributed by atoms with Crippen molar-refractivity contribution in [3.8, 4) is 5.75 Å². The number of rotatable bonds is 5. The van der Waals surface area contributed by atoms with E-state index in [1.54, 1.807) is 7.11 Å². The summed E-state index contributed by atoms with van der Waals surface area (Å²) in [4.78, 5) is 0.309. The van der Waals surface area contributed by atoms with Crippen LogP contribution in [0.15, 0.2) is 16.6 Å². The number of aryl methyl sites for hydroxylation is 1. The monoisotopic (exact) mass is 390 g/mol. The van der Waals surface area contributed by atoms with Crippen molar-refractivity contribution in [2.75, 3.05) is 13.7 Å². The van der Waals surface area contributed by atoms with Gasteiger partial charge in [0.2, 0.25) is 0 Å². The van der Waals surface area contributed by atoms with Crippen molar-refractivity contribution < 1.29 is 9.47 Å². The van der Waals surface area contributed by atoms with Crippen molar-refractivity contribution in [3.05, 3.63) is 27.7 Å². The van der Waals surface area contributed by atoms with Crippen molar-refractivity contribution in [2.24, 2.45) is 0 Å². The molecule has 0 amide bonds. The van der Waals surface area contributed by atoms with Crippen LogP contribution in [0.5, 0.6) is 5.75 Å². The van der Waals surface area contributed by atoms with Crippen molar-refractivity contribution in [3.63, 3.8) is 0 Å². The van der Waals surface area contributed by atoms with E-state index in [0.29, 0.717) is 10.9 Å². The Balaban J connectivity index is 2.04. The van der Waals surface area contributed by atoms with Crippen LogP contribution in [0.3, 0.4) is 0 Å². The largest absolute Gasteiger partial charge is 0.496 e. The number of halogens is 2.